The average Bonchev–Trinajstić information content (AvgIpc) is 3.02. The van der Waals surface area contributed by atoms with Crippen molar-refractivity contribution in [2.45, 2.75) is 13.3 Å². The summed E-state index contributed by atoms with van der Waals surface area (Å²) in [6, 6.07) is 10.5. The monoisotopic (exact) mass is 313 g/mol. The van der Waals surface area contributed by atoms with Crippen LogP contribution < -0.4 is 5.32 Å². The molecule has 22 heavy (non-hydrogen) atoms. The van der Waals surface area contributed by atoms with Gasteiger partial charge in [0.25, 0.3) is 0 Å². The smallest absolute Gasteiger partial charge is 0.183 e. The normalized spacial score (nSPS) is 10.6. The zero-order valence-electron chi connectivity index (χ0n) is 12.2. The van der Waals surface area contributed by atoms with Crippen LogP contribution in [0.1, 0.15) is 13.3 Å². The minimum atomic E-state index is -0.267. The Kier molecular flexibility index (Phi) is 4.44. The van der Waals surface area contributed by atoms with Crippen molar-refractivity contribution < 1.29 is 4.39 Å². The third-order valence-corrected chi connectivity index (χ3v) is 4.22. The summed E-state index contributed by atoms with van der Waals surface area (Å²) >= 11 is 1.56. The van der Waals surface area contributed by atoms with Crippen LogP contribution in [0.3, 0.4) is 0 Å². The van der Waals surface area contributed by atoms with Crippen molar-refractivity contribution in [3.63, 3.8) is 0 Å². The number of hydrogen-bond acceptors (Lipinski definition) is 4. The summed E-state index contributed by atoms with van der Waals surface area (Å²) in [5.41, 5.74) is 2.05. The van der Waals surface area contributed by atoms with E-state index in [0.29, 0.717) is 11.3 Å². The molecule has 3 rings (SSSR count). The number of rotatable bonds is 5. The maximum atomic E-state index is 14.1. The summed E-state index contributed by atoms with van der Waals surface area (Å²) in [6.07, 6.45) is 4.54. The van der Waals surface area contributed by atoms with Crippen molar-refractivity contribution in [3.05, 3.63) is 54.6 Å². The Bertz CT molecular complexity index is 770. The van der Waals surface area contributed by atoms with E-state index in [9.17, 15) is 4.39 Å². The van der Waals surface area contributed by atoms with E-state index in [1.807, 2.05) is 24.4 Å². The highest BCUT2D eigenvalue weighted by Crippen LogP contribution is 2.35. The second-order valence-electron chi connectivity index (χ2n) is 4.84. The van der Waals surface area contributed by atoms with Crippen molar-refractivity contribution in [2.75, 3.05) is 11.9 Å². The van der Waals surface area contributed by atoms with Crippen LogP contribution >= 0.6 is 11.3 Å². The molecule has 1 N–H and O–H groups in total. The summed E-state index contributed by atoms with van der Waals surface area (Å²) in [5.74, 6) is -0.267. The van der Waals surface area contributed by atoms with E-state index in [1.54, 1.807) is 29.7 Å². The van der Waals surface area contributed by atoms with Crippen molar-refractivity contribution in [3.8, 4) is 21.7 Å². The lowest BCUT2D eigenvalue weighted by Crippen LogP contribution is -1.97. The van der Waals surface area contributed by atoms with Gasteiger partial charge in [-0.2, -0.15) is 0 Å². The first-order chi connectivity index (χ1) is 10.8. The van der Waals surface area contributed by atoms with Crippen LogP contribution in [0, 0.1) is 5.82 Å². The van der Waals surface area contributed by atoms with E-state index in [4.69, 9.17) is 0 Å². The molecule has 0 bridgehead atoms. The number of nitrogens with one attached hydrogen (secondary N) is 1. The predicted molar refractivity (Wildman–Crippen MR) is 89.5 cm³/mol. The summed E-state index contributed by atoms with van der Waals surface area (Å²) in [7, 11) is 0. The Labute approximate surface area is 132 Å². The molecule has 2 aromatic heterocycles. The first-order valence-electron chi connectivity index (χ1n) is 7.19. The van der Waals surface area contributed by atoms with Crippen molar-refractivity contribution >= 4 is 16.5 Å². The van der Waals surface area contributed by atoms with Gasteiger partial charge in [0.2, 0.25) is 0 Å². The number of hydrogen-bond donors (Lipinski definition) is 1. The molecule has 0 saturated heterocycles. The molecule has 0 spiro atoms. The number of nitrogens with zero attached hydrogens (tertiary/aromatic N) is 2. The van der Waals surface area contributed by atoms with E-state index in [1.165, 1.54) is 6.07 Å². The maximum Gasteiger partial charge on any atom is 0.183 e. The predicted octanol–water partition coefficient (Wildman–Crippen LogP) is 4.83. The van der Waals surface area contributed by atoms with Gasteiger partial charge in [-0.3, -0.25) is 4.98 Å². The summed E-state index contributed by atoms with van der Waals surface area (Å²) in [4.78, 5) is 9.73. The topological polar surface area (TPSA) is 37.8 Å². The van der Waals surface area contributed by atoms with Crippen LogP contribution in [0.15, 0.2) is 48.8 Å². The fourth-order valence-electron chi connectivity index (χ4n) is 2.18. The molecule has 0 aliphatic heterocycles. The zero-order chi connectivity index (χ0) is 15.4. The Morgan fingerprint density at radius 3 is 2.73 bits per heavy atom. The molecule has 0 radical (unpaired) electrons. The molecule has 0 atom stereocenters. The van der Waals surface area contributed by atoms with Crippen LogP contribution in [-0.4, -0.2) is 16.5 Å². The lowest BCUT2D eigenvalue weighted by molar-refractivity contribution is 0.631. The highest BCUT2D eigenvalue weighted by Gasteiger charge is 2.14. The fraction of sp³-hybridized carbons (Fsp3) is 0.176. The molecule has 0 aliphatic carbocycles. The van der Waals surface area contributed by atoms with Gasteiger partial charge >= 0.3 is 0 Å². The Morgan fingerprint density at radius 1 is 1.09 bits per heavy atom. The van der Waals surface area contributed by atoms with Crippen LogP contribution in [0.25, 0.3) is 21.7 Å². The van der Waals surface area contributed by atoms with Gasteiger partial charge in [-0.15, -0.1) is 0 Å². The summed E-state index contributed by atoms with van der Waals surface area (Å²) in [6.45, 7) is 3.00. The number of halogens is 1. The molecule has 0 aliphatic rings. The Balaban J connectivity index is 2.02. The van der Waals surface area contributed by atoms with E-state index < -0.39 is 0 Å². The lowest BCUT2D eigenvalue weighted by atomic mass is 10.0. The minimum Gasteiger partial charge on any atom is -0.362 e. The second-order valence-corrected chi connectivity index (χ2v) is 5.87. The van der Waals surface area contributed by atoms with E-state index in [-0.39, 0.29) is 5.82 Å². The van der Waals surface area contributed by atoms with Gasteiger partial charge in [-0.25, -0.2) is 9.37 Å². The number of pyridine rings is 1. The second kappa shape index (κ2) is 6.66. The minimum absolute atomic E-state index is 0.267. The number of thiazole rings is 1. The number of anilines is 1. The lowest BCUT2D eigenvalue weighted by Gasteiger charge is -2.07. The van der Waals surface area contributed by atoms with Gasteiger partial charge in [0, 0.05) is 30.1 Å². The molecule has 3 aromatic rings. The first-order valence-corrected chi connectivity index (χ1v) is 8.01. The Hall–Kier alpha value is -2.27. The van der Waals surface area contributed by atoms with Crippen molar-refractivity contribution in [2.24, 2.45) is 0 Å². The van der Waals surface area contributed by atoms with Gasteiger partial charge in [-0.1, -0.05) is 30.4 Å². The van der Waals surface area contributed by atoms with Crippen LogP contribution in [0.2, 0.25) is 0 Å². The molecule has 112 valence electrons. The molecule has 0 saturated carbocycles. The molecule has 2 heterocycles. The molecule has 0 fully saturated rings. The third kappa shape index (κ3) is 2.99. The largest absolute Gasteiger partial charge is 0.362 e. The molecule has 0 amide bonds. The van der Waals surface area contributed by atoms with E-state index in [2.05, 4.69) is 22.2 Å². The Morgan fingerprint density at radius 2 is 1.91 bits per heavy atom. The third-order valence-electron chi connectivity index (χ3n) is 3.23. The van der Waals surface area contributed by atoms with Crippen molar-refractivity contribution in [1.82, 2.24) is 9.97 Å². The first kappa shape index (κ1) is 14.7. The summed E-state index contributed by atoms with van der Waals surface area (Å²) < 4.78 is 14.1. The highest BCUT2D eigenvalue weighted by molar-refractivity contribution is 7.18. The molecular weight excluding hydrogens is 297 g/mol. The van der Waals surface area contributed by atoms with E-state index >= 15 is 0 Å². The zero-order valence-corrected chi connectivity index (χ0v) is 13.0. The van der Waals surface area contributed by atoms with Gasteiger partial charge < -0.3 is 5.32 Å². The average molecular weight is 313 g/mol. The fourth-order valence-corrected chi connectivity index (χ4v) is 3.05. The SMILES string of the molecule is CCCNc1ncc(-c2cccnc2-c2ccccc2F)s1. The maximum absolute atomic E-state index is 14.1. The van der Waals surface area contributed by atoms with Gasteiger partial charge in [0.15, 0.2) is 5.13 Å². The summed E-state index contributed by atoms with van der Waals surface area (Å²) in [5, 5.41) is 4.14. The molecule has 5 heteroatoms. The van der Waals surface area contributed by atoms with Gasteiger partial charge in [-0.05, 0) is 30.7 Å². The highest BCUT2D eigenvalue weighted by atomic mass is 32.1. The van der Waals surface area contributed by atoms with Gasteiger partial charge in [0.05, 0.1) is 10.6 Å². The molecule has 1 aromatic carbocycles. The number of aromatic nitrogens is 2. The number of benzene rings is 1. The molecule has 0 unspecified atom stereocenters. The van der Waals surface area contributed by atoms with Gasteiger partial charge in [0.1, 0.15) is 5.82 Å². The van der Waals surface area contributed by atoms with E-state index in [0.717, 1.165) is 28.5 Å². The standard InChI is InChI=1S/C17H16FN3S/c1-2-9-20-17-21-11-15(22-17)13-7-5-10-19-16(13)12-6-3-4-8-14(12)18/h3-8,10-11H,2,9H2,1H3,(H,20,21). The molecular formula is C17H16FN3S. The van der Waals surface area contributed by atoms with Crippen LogP contribution in [0.4, 0.5) is 9.52 Å². The van der Waals surface area contributed by atoms with Crippen molar-refractivity contribution in [1.29, 1.82) is 0 Å². The quantitative estimate of drug-likeness (QED) is 0.733. The van der Waals surface area contributed by atoms with Crippen LogP contribution in [-0.2, 0) is 0 Å². The molecule has 3 nitrogen and oxygen atoms in total. The van der Waals surface area contributed by atoms with Crippen LogP contribution in [0.5, 0.6) is 0 Å².